The second-order valence-corrected chi connectivity index (χ2v) is 9.25. The molecule has 0 bridgehead atoms. The maximum absolute atomic E-state index is 14.3. The first-order valence-corrected chi connectivity index (χ1v) is 10.9. The lowest BCUT2D eigenvalue weighted by Crippen LogP contribution is -2.59. The molecule has 0 spiro atoms. The summed E-state index contributed by atoms with van der Waals surface area (Å²) in [4.78, 5) is 17.7. The second-order valence-electron chi connectivity index (χ2n) is 9.25. The molecule has 3 aliphatic heterocycles. The minimum atomic E-state index is -0.753. The maximum Gasteiger partial charge on any atom is 0.237 e. The van der Waals surface area contributed by atoms with Crippen molar-refractivity contribution in [1.82, 2.24) is 25.8 Å². The summed E-state index contributed by atoms with van der Waals surface area (Å²) in [5.41, 5.74) is 0. The molecule has 4 aliphatic rings. The van der Waals surface area contributed by atoms with Crippen LogP contribution in [0.1, 0.15) is 39.0 Å². The first kappa shape index (κ1) is 19.6. The predicted molar refractivity (Wildman–Crippen MR) is 104 cm³/mol. The highest BCUT2D eigenvalue weighted by Gasteiger charge is 2.46. The molecule has 6 nitrogen and oxygen atoms in total. The van der Waals surface area contributed by atoms with E-state index in [2.05, 4.69) is 39.7 Å². The zero-order valence-corrected chi connectivity index (χ0v) is 16.8. The summed E-state index contributed by atoms with van der Waals surface area (Å²) in [6, 6.07) is 0.151. The number of nitrogens with one attached hydrogen (secondary N) is 3. The number of nitrogens with zero attached hydrogens (tertiary/aromatic N) is 2. The van der Waals surface area contributed by atoms with E-state index in [1.807, 2.05) is 0 Å². The Labute approximate surface area is 162 Å². The fourth-order valence-corrected chi connectivity index (χ4v) is 5.54. The number of piperazine rings is 1. The zero-order chi connectivity index (χ0) is 19.0. The Kier molecular flexibility index (Phi) is 6.02. The first-order chi connectivity index (χ1) is 13.0. The molecule has 3 saturated heterocycles. The highest BCUT2D eigenvalue weighted by Crippen LogP contribution is 2.38. The molecule has 0 aromatic rings. The van der Waals surface area contributed by atoms with Gasteiger partial charge >= 0.3 is 0 Å². The maximum atomic E-state index is 14.3. The Bertz CT molecular complexity index is 509. The Balaban J connectivity index is 1.29. The van der Waals surface area contributed by atoms with Gasteiger partial charge in [0.25, 0.3) is 0 Å². The molecule has 1 amide bonds. The van der Waals surface area contributed by atoms with Crippen LogP contribution in [0.3, 0.4) is 0 Å². The molecule has 1 saturated carbocycles. The van der Waals surface area contributed by atoms with E-state index in [0.717, 1.165) is 52.0 Å². The molecule has 7 heteroatoms. The van der Waals surface area contributed by atoms with E-state index in [0.29, 0.717) is 24.9 Å². The van der Waals surface area contributed by atoms with Gasteiger partial charge in [0.2, 0.25) is 5.91 Å². The average molecular weight is 382 g/mol. The van der Waals surface area contributed by atoms with E-state index >= 15 is 0 Å². The van der Waals surface area contributed by atoms with Gasteiger partial charge in [-0.15, -0.1) is 0 Å². The number of amides is 1. The van der Waals surface area contributed by atoms with Crippen LogP contribution in [-0.2, 0) is 4.79 Å². The summed E-state index contributed by atoms with van der Waals surface area (Å²) < 4.78 is 14.3. The molecule has 0 aromatic carbocycles. The number of hydrogen-bond donors (Lipinski definition) is 3. The summed E-state index contributed by atoms with van der Waals surface area (Å²) >= 11 is 0. The number of carbonyl (C=O) groups is 1. The molecule has 1 aliphatic carbocycles. The van der Waals surface area contributed by atoms with Crippen molar-refractivity contribution in [1.29, 1.82) is 0 Å². The number of carbonyl (C=O) groups excluding carboxylic acids is 1. The first-order valence-electron chi connectivity index (χ1n) is 10.9. The van der Waals surface area contributed by atoms with Crippen LogP contribution in [0.15, 0.2) is 0 Å². The van der Waals surface area contributed by atoms with Gasteiger partial charge in [0.05, 0.1) is 12.2 Å². The van der Waals surface area contributed by atoms with Crippen LogP contribution >= 0.6 is 0 Å². The lowest BCUT2D eigenvalue weighted by Gasteiger charge is -2.42. The summed E-state index contributed by atoms with van der Waals surface area (Å²) in [7, 11) is 2.17. The summed E-state index contributed by atoms with van der Waals surface area (Å²) in [6.07, 6.45) is 3.75. The van der Waals surface area contributed by atoms with Gasteiger partial charge in [-0.3, -0.25) is 9.69 Å². The van der Waals surface area contributed by atoms with Crippen LogP contribution in [0.4, 0.5) is 4.39 Å². The number of alkyl halides is 1. The molecule has 0 radical (unpaired) electrons. The van der Waals surface area contributed by atoms with Crippen molar-refractivity contribution in [2.24, 2.45) is 11.8 Å². The molecule has 3 N–H and O–H groups in total. The van der Waals surface area contributed by atoms with Crippen LogP contribution in [0, 0.1) is 11.8 Å². The van der Waals surface area contributed by atoms with Crippen molar-refractivity contribution in [3.8, 4) is 0 Å². The van der Waals surface area contributed by atoms with Crippen molar-refractivity contribution in [2.45, 2.75) is 69.5 Å². The van der Waals surface area contributed by atoms with E-state index in [9.17, 15) is 9.18 Å². The van der Waals surface area contributed by atoms with Gasteiger partial charge in [0.15, 0.2) is 0 Å². The molecule has 27 heavy (non-hydrogen) atoms. The zero-order valence-electron chi connectivity index (χ0n) is 16.8. The molecule has 154 valence electrons. The summed E-state index contributed by atoms with van der Waals surface area (Å²) in [5, 5.41) is 10.4. The Morgan fingerprint density at radius 1 is 1.11 bits per heavy atom. The molecule has 4 rings (SSSR count). The molecular formula is C20H36FN5O. The monoisotopic (exact) mass is 381 g/mol. The Morgan fingerprint density at radius 3 is 2.63 bits per heavy atom. The molecular weight excluding hydrogens is 345 g/mol. The van der Waals surface area contributed by atoms with Crippen LogP contribution in [0.5, 0.6) is 0 Å². The number of hydrogen-bond acceptors (Lipinski definition) is 5. The van der Waals surface area contributed by atoms with Crippen molar-refractivity contribution < 1.29 is 9.18 Å². The van der Waals surface area contributed by atoms with Crippen LogP contribution in [0.2, 0.25) is 0 Å². The molecule has 4 fully saturated rings. The predicted octanol–water partition coefficient (Wildman–Crippen LogP) is 0.543. The third kappa shape index (κ3) is 4.31. The van der Waals surface area contributed by atoms with Crippen molar-refractivity contribution in [2.75, 3.05) is 39.8 Å². The highest BCUT2D eigenvalue weighted by molar-refractivity contribution is 5.82. The number of halogens is 1. The van der Waals surface area contributed by atoms with Gasteiger partial charge in [-0.25, -0.2) is 4.39 Å². The van der Waals surface area contributed by atoms with Gasteiger partial charge in [-0.2, -0.15) is 0 Å². The Morgan fingerprint density at radius 2 is 1.89 bits per heavy atom. The highest BCUT2D eigenvalue weighted by atomic mass is 19.1. The minimum absolute atomic E-state index is 0.00982. The van der Waals surface area contributed by atoms with E-state index < -0.39 is 6.17 Å². The molecule has 0 aromatic heterocycles. The normalized spacial score (nSPS) is 44.0. The number of piperidine rings is 1. The van der Waals surface area contributed by atoms with Crippen molar-refractivity contribution in [3.05, 3.63) is 0 Å². The van der Waals surface area contributed by atoms with E-state index in [1.165, 1.54) is 0 Å². The van der Waals surface area contributed by atoms with Crippen LogP contribution in [-0.4, -0.2) is 85.9 Å². The fraction of sp³-hybridized carbons (Fsp3) is 0.950. The van der Waals surface area contributed by atoms with Gasteiger partial charge in [-0.05, 0) is 51.6 Å². The van der Waals surface area contributed by atoms with Crippen LogP contribution < -0.4 is 16.0 Å². The van der Waals surface area contributed by atoms with Gasteiger partial charge in [0, 0.05) is 44.2 Å². The van der Waals surface area contributed by atoms with Gasteiger partial charge in [0.1, 0.15) is 6.17 Å². The van der Waals surface area contributed by atoms with Gasteiger partial charge < -0.3 is 20.9 Å². The Hall–Kier alpha value is -0.760. The van der Waals surface area contributed by atoms with Gasteiger partial charge in [-0.1, -0.05) is 6.92 Å². The fourth-order valence-electron chi connectivity index (χ4n) is 5.54. The molecule has 7 atom stereocenters. The smallest absolute Gasteiger partial charge is 0.237 e. The van der Waals surface area contributed by atoms with Crippen LogP contribution in [0.25, 0.3) is 0 Å². The van der Waals surface area contributed by atoms with E-state index in [4.69, 9.17) is 0 Å². The molecule has 3 heterocycles. The third-order valence-corrected chi connectivity index (χ3v) is 7.36. The quantitative estimate of drug-likeness (QED) is 0.666. The SMILES string of the molecule is CC1CCC(F)C2CC(C(=O)NC3CCNC(N4CCN(C)CC4)C3)NC12. The standard InChI is InChI=1S/C20H36FN5O/c1-13-3-4-16(21)15-12-17(24-19(13)15)20(27)23-14-5-6-22-18(11-14)26-9-7-25(2)8-10-26/h13-19,22,24H,3-12H2,1-2H3,(H,23,27). The third-order valence-electron chi connectivity index (χ3n) is 7.36. The lowest BCUT2D eigenvalue weighted by atomic mass is 9.77. The lowest BCUT2D eigenvalue weighted by molar-refractivity contribution is -0.124. The second kappa shape index (κ2) is 8.31. The van der Waals surface area contributed by atoms with Crippen molar-refractivity contribution in [3.63, 3.8) is 0 Å². The van der Waals surface area contributed by atoms with E-state index in [1.54, 1.807) is 0 Å². The largest absolute Gasteiger partial charge is 0.352 e. The average Bonchev–Trinajstić information content (AvgIpc) is 3.13. The molecule has 7 unspecified atom stereocenters. The number of fused-ring (bicyclic) bond motifs is 1. The summed E-state index contributed by atoms with van der Waals surface area (Å²) in [5.74, 6) is 0.545. The minimum Gasteiger partial charge on any atom is -0.352 e. The van der Waals surface area contributed by atoms with Crippen molar-refractivity contribution >= 4 is 5.91 Å². The summed E-state index contributed by atoms with van der Waals surface area (Å²) in [6.45, 7) is 7.49. The topological polar surface area (TPSA) is 59.6 Å². The number of likely N-dealkylation sites (N-methyl/N-ethyl adjacent to an activating group) is 1. The van der Waals surface area contributed by atoms with E-state index in [-0.39, 0.29) is 30.0 Å². The number of rotatable bonds is 3.